The Hall–Kier alpha value is -1.10. The third-order valence-corrected chi connectivity index (χ3v) is 7.41. The van der Waals surface area contributed by atoms with Crippen LogP contribution >= 0.6 is 12.4 Å². The van der Waals surface area contributed by atoms with Gasteiger partial charge in [0, 0.05) is 32.7 Å². The summed E-state index contributed by atoms with van der Waals surface area (Å²) in [4.78, 5) is 0. The fraction of sp³-hybridized carbons (Fsp3) is 0.739. The van der Waals surface area contributed by atoms with E-state index in [1.54, 1.807) is 28.1 Å². The Morgan fingerprint density at radius 1 is 1.09 bits per heavy atom. The largest absolute Gasteiger partial charge is 0.493 e. The summed E-state index contributed by atoms with van der Waals surface area (Å²) in [6, 6.07) is 5.35. The van der Waals surface area contributed by atoms with E-state index in [1.165, 1.54) is 0 Å². The SMILES string of the molecule is COCCCOc1cc(C[C@@H](C[C@H](N)[C@@H](O)CNS(=O)(=O)C(C)C)C(C)C)ccc1OC.Cl. The van der Waals surface area contributed by atoms with Crippen LogP contribution in [0.4, 0.5) is 0 Å². The van der Waals surface area contributed by atoms with Crippen LogP contribution in [0.2, 0.25) is 0 Å². The van der Waals surface area contributed by atoms with Crippen molar-refractivity contribution in [2.75, 3.05) is 34.0 Å². The molecule has 4 N–H and O–H groups in total. The summed E-state index contributed by atoms with van der Waals surface area (Å²) in [7, 11) is -0.168. The van der Waals surface area contributed by atoms with Crippen LogP contribution in [-0.4, -0.2) is 64.9 Å². The number of hydrogen-bond donors (Lipinski definition) is 3. The second-order valence-electron chi connectivity index (χ2n) is 8.80. The molecule has 0 aromatic heterocycles. The number of hydrogen-bond acceptors (Lipinski definition) is 7. The lowest BCUT2D eigenvalue weighted by Crippen LogP contribution is -2.46. The summed E-state index contributed by atoms with van der Waals surface area (Å²) in [5.74, 6) is 1.90. The standard InChI is InChI=1S/C23H42N2O6S.ClH/c1-16(2)19(14-20(24)21(26)15-25-32(27,28)17(3)4)12-18-8-9-22(30-6)23(13-18)31-11-7-10-29-5;/h8-9,13,16-17,19-21,25-26H,7,10-12,14-15,24H2,1-6H3;1H/t19-,20-,21-;/m0./s1. The maximum Gasteiger partial charge on any atom is 0.214 e. The molecule has 8 nitrogen and oxygen atoms in total. The highest BCUT2D eigenvalue weighted by molar-refractivity contribution is 7.90. The van der Waals surface area contributed by atoms with Crippen molar-refractivity contribution in [1.82, 2.24) is 4.72 Å². The summed E-state index contributed by atoms with van der Waals surface area (Å²) in [6.07, 6.45) is 1.15. The van der Waals surface area contributed by atoms with Crippen molar-refractivity contribution in [3.63, 3.8) is 0 Å². The molecule has 0 fully saturated rings. The van der Waals surface area contributed by atoms with Crippen LogP contribution in [0.5, 0.6) is 11.5 Å². The topological polar surface area (TPSA) is 120 Å². The number of ether oxygens (including phenoxy) is 3. The van der Waals surface area contributed by atoms with Gasteiger partial charge in [0.15, 0.2) is 11.5 Å². The number of nitrogens with one attached hydrogen (secondary N) is 1. The zero-order chi connectivity index (χ0) is 24.3. The van der Waals surface area contributed by atoms with E-state index in [9.17, 15) is 13.5 Å². The molecule has 0 unspecified atom stereocenters. The minimum atomic E-state index is -3.44. The van der Waals surface area contributed by atoms with Gasteiger partial charge < -0.3 is 25.1 Å². The Kier molecular flexibility index (Phi) is 15.2. The van der Waals surface area contributed by atoms with Crippen molar-refractivity contribution in [1.29, 1.82) is 0 Å². The number of aliphatic hydroxyl groups excluding tert-OH is 1. The summed E-state index contributed by atoms with van der Waals surface area (Å²) in [6.45, 7) is 8.50. The third-order valence-electron chi connectivity index (χ3n) is 5.60. The molecule has 10 heteroatoms. The molecule has 194 valence electrons. The zero-order valence-electron chi connectivity index (χ0n) is 20.7. The van der Waals surface area contributed by atoms with E-state index in [1.807, 2.05) is 18.2 Å². The number of benzene rings is 1. The molecule has 33 heavy (non-hydrogen) atoms. The molecule has 0 saturated carbocycles. The molecule has 0 bridgehead atoms. The molecule has 0 spiro atoms. The second kappa shape index (κ2) is 15.7. The Labute approximate surface area is 206 Å². The van der Waals surface area contributed by atoms with Crippen LogP contribution in [-0.2, 0) is 21.2 Å². The molecule has 0 radical (unpaired) electrons. The smallest absolute Gasteiger partial charge is 0.214 e. The van der Waals surface area contributed by atoms with Gasteiger partial charge in [0.1, 0.15) is 0 Å². The highest BCUT2D eigenvalue weighted by atomic mass is 35.5. The first-order chi connectivity index (χ1) is 15.0. The summed E-state index contributed by atoms with van der Waals surface area (Å²) >= 11 is 0. The van der Waals surface area contributed by atoms with Crippen LogP contribution in [0, 0.1) is 11.8 Å². The molecule has 0 heterocycles. The van der Waals surface area contributed by atoms with Gasteiger partial charge in [-0.15, -0.1) is 12.4 Å². The van der Waals surface area contributed by atoms with Crippen LogP contribution in [0.1, 0.15) is 46.1 Å². The van der Waals surface area contributed by atoms with E-state index >= 15 is 0 Å². The average Bonchev–Trinajstić information content (AvgIpc) is 2.74. The molecular weight excluding hydrogens is 468 g/mol. The monoisotopic (exact) mass is 510 g/mol. The fourth-order valence-electron chi connectivity index (χ4n) is 3.27. The van der Waals surface area contributed by atoms with Gasteiger partial charge in [-0.05, 0) is 56.2 Å². The summed E-state index contributed by atoms with van der Waals surface area (Å²) in [5, 5.41) is 9.85. The van der Waals surface area contributed by atoms with E-state index in [0.29, 0.717) is 37.1 Å². The lowest BCUT2D eigenvalue weighted by atomic mass is 9.83. The van der Waals surface area contributed by atoms with Crippen LogP contribution in [0.25, 0.3) is 0 Å². The first kappa shape index (κ1) is 31.9. The molecule has 0 amide bonds. The van der Waals surface area contributed by atoms with Crippen molar-refractivity contribution in [2.45, 2.75) is 64.4 Å². The molecule has 0 aliphatic carbocycles. The Morgan fingerprint density at radius 2 is 1.76 bits per heavy atom. The second-order valence-corrected chi connectivity index (χ2v) is 11.1. The van der Waals surface area contributed by atoms with Crippen molar-refractivity contribution in [2.24, 2.45) is 17.6 Å². The van der Waals surface area contributed by atoms with Crippen LogP contribution in [0.3, 0.4) is 0 Å². The molecule has 1 aromatic carbocycles. The maximum absolute atomic E-state index is 11.9. The van der Waals surface area contributed by atoms with Gasteiger partial charge >= 0.3 is 0 Å². The summed E-state index contributed by atoms with van der Waals surface area (Å²) in [5.41, 5.74) is 7.33. The van der Waals surface area contributed by atoms with Gasteiger partial charge in [-0.3, -0.25) is 0 Å². The number of rotatable bonds is 16. The van der Waals surface area contributed by atoms with Crippen molar-refractivity contribution in [3.05, 3.63) is 23.8 Å². The molecule has 0 aliphatic rings. The quantitative estimate of drug-likeness (QED) is 0.292. The van der Waals surface area contributed by atoms with E-state index < -0.39 is 27.4 Å². The minimum Gasteiger partial charge on any atom is -0.493 e. The first-order valence-electron chi connectivity index (χ1n) is 11.2. The van der Waals surface area contributed by atoms with Gasteiger partial charge in [0.25, 0.3) is 0 Å². The van der Waals surface area contributed by atoms with E-state index in [4.69, 9.17) is 19.9 Å². The third kappa shape index (κ3) is 11.2. The Bertz CT molecular complexity index is 776. The lowest BCUT2D eigenvalue weighted by molar-refractivity contribution is 0.129. The number of nitrogens with two attached hydrogens (primary N) is 1. The molecular formula is C23H43ClN2O6S. The van der Waals surface area contributed by atoms with Gasteiger partial charge in [-0.2, -0.15) is 0 Å². The van der Waals surface area contributed by atoms with Crippen molar-refractivity contribution >= 4 is 22.4 Å². The molecule has 1 rings (SSSR count). The van der Waals surface area contributed by atoms with E-state index in [2.05, 4.69) is 18.6 Å². The molecule has 0 saturated heterocycles. The molecule has 3 atom stereocenters. The van der Waals surface area contributed by atoms with Gasteiger partial charge in [0.05, 0.1) is 25.1 Å². The average molecular weight is 511 g/mol. The van der Waals surface area contributed by atoms with Crippen molar-refractivity contribution in [3.8, 4) is 11.5 Å². The molecule has 0 aliphatic heterocycles. The fourth-order valence-corrected chi connectivity index (χ4v) is 4.00. The van der Waals surface area contributed by atoms with Crippen molar-refractivity contribution < 1.29 is 27.7 Å². The first-order valence-corrected chi connectivity index (χ1v) is 12.8. The highest BCUT2D eigenvalue weighted by Crippen LogP contribution is 2.31. The number of sulfonamides is 1. The van der Waals surface area contributed by atoms with E-state index in [-0.39, 0.29) is 24.9 Å². The van der Waals surface area contributed by atoms with Crippen LogP contribution < -0.4 is 19.9 Å². The van der Waals surface area contributed by atoms with Gasteiger partial charge in [0.2, 0.25) is 10.0 Å². The Balaban J connectivity index is 0.0000102. The zero-order valence-corrected chi connectivity index (χ0v) is 22.4. The maximum atomic E-state index is 11.9. The highest BCUT2D eigenvalue weighted by Gasteiger charge is 2.25. The lowest BCUT2D eigenvalue weighted by Gasteiger charge is -2.27. The normalized spacial score (nSPS) is 14.6. The predicted molar refractivity (Wildman–Crippen MR) is 135 cm³/mol. The van der Waals surface area contributed by atoms with Crippen LogP contribution in [0.15, 0.2) is 18.2 Å². The van der Waals surface area contributed by atoms with Gasteiger partial charge in [-0.25, -0.2) is 13.1 Å². The number of aliphatic hydroxyl groups is 1. The van der Waals surface area contributed by atoms with Gasteiger partial charge in [-0.1, -0.05) is 19.9 Å². The predicted octanol–water partition coefficient (Wildman–Crippen LogP) is 2.75. The van der Waals surface area contributed by atoms with E-state index in [0.717, 1.165) is 18.4 Å². The Morgan fingerprint density at radius 3 is 2.30 bits per heavy atom. The number of methoxy groups -OCH3 is 2. The molecule has 1 aromatic rings. The minimum absolute atomic E-state index is 0. The summed E-state index contributed by atoms with van der Waals surface area (Å²) < 4.78 is 42.7. The number of halogens is 1.